The molecule has 0 aliphatic heterocycles. The summed E-state index contributed by atoms with van der Waals surface area (Å²) >= 11 is 0. The van der Waals surface area contributed by atoms with Crippen LogP contribution in [0.2, 0.25) is 0 Å². The third kappa shape index (κ3) is 4.49. The summed E-state index contributed by atoms with van der Waals surface area (Å²) in [6, 6.07) is 2.95. The van der Waals surface area contributed by atoms with Gasteiger partial charge in [-0.1, -0.05) is 0 Å². The molecule has 1 heterocycles. The number of ketones is 1. The number of aromatic nitrogens is 3. The smallest absolute Gasteiger partial charge is 0.422 e. The van der Waals surface area contributed by atoms with Gasteiger partial charge in [-0.3, -0.25) is 14.9 Å². The molecule has 0 aliphatic rings. The third-order valence-corrected chi connectivity index (χ3v) is 2.62. The highest BCUT2D eigenvalue weighted by Crippen LogP contribution is 2.29. The van der Waals surface area contributed by atoms with Crippen molar-refractivity contribution in [2.24, 2.45) is 0 Å². The Balaban J connectivity index is 2.21. The molecule has 0 radical (unpaired) electrons. The third-order valence-electron chi connectivity index (χ3n) is 2.62. The van der Waals surface area contributed by atoms with E-state index in [0.717, 1.165) is 23.0 Å². The maximum Gasteiger partial charge on any atom is 0.422 e. The van der Waals surface area contributed by atoms with Gasteiger partial charge in [0.2, 0.25) is 0 Å². The molecule has 11 heteroatoms. The maximum absolute atomic E-state index is 12.1. The van der Waals surface area contributed by atoms with Crippen molar-refractivity contribution in [3.63, 3.8) is 0 Å². The van der Waals surface area contributed by atoms with Crippen molar-refractivity contribution in [3.8, 4) is 5.75 Å². The van der Waals surface area contributed by atoms with E-state index in [4.69, 9.17) is 0 Å². The zero-order valence-electron chi connectivity index (χ0n) is 11.4. The van der Waals surface area contributed by atoms with Gasteiger partial charge in [-0.25, -0.2) is 0 Å². The number of carbonyl (C=O) groups excluding carboxylic acids is 1. The lowest BCUT2D eigenvalue weighted by molar-refractivity contribution is -0.386. The van der Waals surface area contributed by atoms with Crippen molar-refractivity contribution >= 4 is 11.5 Å². The number of nitrogens with zero attached hydrogens (tertiary/aromatic N) is 4. The van der Waals surface area contributed by atoms with Gasteiger partial charge in [-0.05, 0) is 12.1 Å². The molecular formula is C12H9F3N4O4. The van der Waals surface area contributed by atoms with Crippen molar-refractivity contribution in [2.75, 3.05) is 6.61 Å². The van der Waals surface area contributed by atoms with Gasteiger partial charge in [0.15, 0.2) is 18.1 Å². The van der Waals surface area contributed by atoms with Crippen molar-refractivity contribution in [3.05, 3.63) is 46.3 Å². The zero-order chi connectivity index (χ0) is 17.0. The molecule has 2 aromatic rings. The molecule has 0 unspecified atom stereocenters. The number of hydrogen-bond donors (Lipinski definition) is 0. The Kier molecular flexibility index (Phi) is 4.57. The minimum absolute atomic E-state index is 0.0617. The highest BCUT2D eigenvalue weighted by Gasteiger charge is 2.30. The van der Waals surface area contributed by atoms with Crippen LogP contribution in [0, 0.1) is 10.1 Å². The van der Waals surface area contributed by atoms with E-state index in [-0.39, 0.29) is 12.1 Å². The molecule has 0 atom stereocenters. The first kappa shape index (κ1) is 16.4. The van der Waals surface area contributed by atoms with E-state index in [9.17, 15) is 28.1 Å². The van der Waals surface area contributed by atoms with Gasteiger partial charge in [0.05, 0.1) is 17.3 Å². The van der Waals surface area contributed by atoms with Crippen molar-refractivity contribution in [2.45, 2.75) is 12.7 Å². The lowest BCUT2D eigenvalue weighted by atomic mass is 10.1. The number of nitro benzene ring substituents is 1. The van der Waals surface area contributed by atoms with Crippen molar-refractivity contribution in [1.29, 1.82) is 0 Å². The van der Waals surface area contributed by atoms with Gasteiger partial charge in [0, 0.05) is 11.6 Å². The fourth-order valence-corrected chi connectivity index (χ4v) is 1.66. The van der Waals surface area contributed by atoms with E-state index in [2.05, 4.69) is 14.9 Å². The Labute approximate surface area is 126 Å². The number of benzene rings is 1. The second-order valence-corrected chi connectivity index (χ2v) is 4.33. The number of hydrogen-bond acceptors (Lipinski definition) is 6. The Morgan fingerprint density at radius 1 is 1.30 bits per heavy atom. The molecule has 0 saturated heterocycles. The predicted octanol–water partition coefficient (Wildman–Crippen LogP) is 2.01. The van der Waals surface area contributed by atoms with Crippen molar-refractivity contribution < 1.29 is 27.6 Å². The SMILES string of the molecule is O=C(Cn1nccn1)c1ccc(OCC(F)(F)F)c([N+](=O)[O-])c1. The van der Waals surface area contributed by atoms with Crippen molar-refractivity contribution in [1.82, 2.24) is 15.0 Å². The fourth-order valence-electron chi connectivity index (χ4n) is 1.66. The van der Waals surface area contributed by atoms with Gasteiger partial charge in [-0.15, -0.1) is 0 Å². The number of rotatable bonds is 6. The number of carbonyl (C=O) groups is 1. The van der Waals surface area contributed by atoms with E-state index in [1.54, 1.807) is 0 Å². The van der Waals surface area contributed by atoms with E-state index < -0.39 is 34.9 Å². The summed E-state index contributed by atoms with van der Waals surface area (Å²) in [5, 5.41) is 18.4. The van der Waals surface area contributed by atoms with Gasteiger partial charge in [0.25, 0.3) is 0 Å². The Morgan fingerprint density at radius 3 is 2.52 bits per heavy atom. The van der Waals surface area contributed by atoms with E-state index in [0.29, 0.717) is 0 Å². The average molecular weight is 330 g/mol. The Morgan fingerprint density at radius 2 is 1.96 bits per heavy atom. The first-order valence-corrected chi connectivity index (χ1v) is 6.11. The second-order valence-electron chi connectivity index (χ2n) is 4.33. The molecule has 0 aliphatic carbocycles. The fraction of sp³-hybridized carbons (Fsp3) is 0.250. The van der Waals surface area contributed by atoms with Gasteiger partial charge < -0.3 is 4.74 Å². The summed E-state index contributed by atoms with van der Waals surface area (Å²) in [5.74, 6) is -1.10. The van der Waals surface area contributed by atoms with E-state index in [1.165, 1.54) is 12.4 Å². The van der Waals surface area contributed by atoms with E-state index in [1.807, 2.05) is 0 Å². The zero-order valence-corrected chi connectivity index (χ0v) is 11.4. The Hall–Kier alpha value is -2.98. The molecule has 1 aromatic carbocycles. The molecule has 8 nitrogen and oxygen atoms in total. The summed E-state index contributed by atoms with van der Waals surface area (Å²) in [5.41, 5.74) is -0.790. The number of alkyl halides is 3. The summed E-state index contributed by atoms with van der Waals surface area (Å²) in [6.07, 6.45) is -1.93. The summed E-state index contributed by atoms with van der Waals surface area (Å²) in [4.78, 5) is 23.1. The molecule has 0 fully saturated rings. The number of nitro groups is 1. The minimum atomic E-state index is -4.63. The predicted molar refractivity (Wildman–Crippen MR) is 69.0 cm³/mol. The maximum atomic E-state index is 12.1. The summed E-state index contributed by atoms with van der Waals surface area (Å²) in [7, 11) is 0. The highest BCUT2D eigenvalue weighted by atomic mass is 19.4. The van der Waals surface area contributed by atoms with Crippen LogP contribution in [0.25, 0.3) is 0 Å². The van der Waals surface area contributed by atoms with Crippen LogP contribution in [0.15, 0.2) is 30.6 Å². The standard InChI is InChI=1S/C12H9F3N4O4/c13-12(14,15)7-23-11-2-1-8(5-9(11)19(21)22)10(20)6-18-16-3-4-17-18/h1-5H,6-7H2. The van der Waals surface area contributed by atoms with Crippen LogP contribution in [-0.4, -0.2) is 38.5 Å². The quantitative estimate of drug-likeness (QED) is 0.456. The molecule has 0 N–H and O–H groups in total. The second kappa shape index (κ2) is 6.42. The van der Waals surface area contributed by atoms with Gasteiger partial charge >= 0.3 is 11.9 Å². The average Bonchev–Trinajstić information content (AvgIpc) is 2.96. The van der Waals surface area contributed by atoms with Gasteiger partial charge in [-0.2, -0.15) is 28.2 Å². The first-order valence-electron chi connectivity index (χ1n) is 6.11. The molecule has 0 saturated carbocycles. The molecule has 122 valence electrons. The topological polar surface area (TPSA) is 100 Å². The molecular weight excluding hydrogens is 321 g/mol. The normalized spacial score (nSPS) is 11.3. The first-order chi connectivity index (χ1) is 10.8. The van der Waals surface area contributed by atoms with Crippen LogP contribution in [0.4, 0.5) is 18.9 Å². The monoisotopic (exact) mass is 330 g/mol. The summed E-state index contributed by atoms with van der Waals surface area (Å²) in [6.45, 7) is -1.93. The molecule has 0 bridgehead atoms. The van der Waals surface area contributed by atoms with Gasteiger partial charge in [0.1, 0.15) is 6.54 Å². The number of halogens is 3. The lowest BCUT2D eigenvalue weighted by Gasteiger charge is -2.10. The molecule has 0 spiro atoms. The van der Waals surface area contributed by atoms with Crippen LogP contribution in [0.3, 0.4) is 0 Å². The minimum Gasteiger partial charge on any atom is -0.477 e. The molecule has 23 heavy (non-hydrogen) atoms. The lowest BCUT2D eigenvalue weighted by Crippen LogP contribution is -2.19. The van der Waals surface area contributed by atoms with E-state index >= 15 is 0 Å². The van der Waals surface area contributed by atoms with Crippen LogP contribution in [-0.2, 0) is 6.54 Å². The van der Waals surface area contributed by atoms with Crippen LogP contribution in [0.5, 0.6) is 5.75 Å². The number of ether oxygens (including phenoxy) is 1. The summed E-state index contributed by atoms with van der Waals surface area (Å²) < 4.78 is 40.8. The molecule has 2 rings (SSSR count). The highest BCUT2D eigenvalue weighted by molar-refractivity contribution is 5.96. The van der Waals surface area contributed by atoms with Crippen LogP contribution in [0.1, 0.15) is 10.4 Å². The molecule has 0 amide bonds. The Bertz CT molecular complexity index is 716. The van der Waals surface area contributed by atoms with Crippen LogP contribution >= 0.6 is 0 Å². The van der Waals surface area contributed by atoms with Crippen LogP contribution < -0.4 is 4.74 Å². The largest absolute Gasteiger partial charge is 0.477 e. The number of Topliss-reactive ketones (excluding diaryl/α,β-unsaturated/α-hetero) is 1. The molecule has 1 aromatic heterocycles.